The molecule has 4 aliphatic rings. The van der Waals surface area contributed by atoms with Gasteiger partial charge in [0.15, 0.2) is 5.72 Å². The zero-order valence-corrected chi connectivity index (χ0v) is 56.0. The molecule has 0 aromatic heterocycles. The summed E-state index contributed by atoms with van der Waals surface area (Å²) in [6, 6.07) is 7.05. The number of nitrogens with one attached hydrogen (secondary N) is 4. The van der Waals surface area contributed by atoms with E-state index in [9.17, 15) is 48.3 Å². The Balaban J connectivity index is 1.03. The zero-order valence-electron chi connectivity index (χ0n) is 53.6. The molecule has 1 aliphatic carbocycles. The predicted molar refractivity (Wildman–Crippen MR) is 346 cm³/mol. The van der Waals surface area contributed by atoms with Gasteiger partial charge in [-0.1, -0.05) is 72.7 Å². The molecule has 2 aromatic carbocycles. The number of thioether (sulfide) groups is 2. The number of halogens is 1. The number of esters is 1. The molecule has 0 radical (unpaired) electrons. The maximum absolute atomic E-state index is 14.4. The summed E-state index contributed by atoms with van der Waals surface area (Å²) < 4.78 is 40.7. The first-order valence-corrected chi connectivity index (χ1v) is 32.9. The molecule has 0 saturated carbocycles. The normalized spacial score (nSPS) is 24.9. The number of hydrogen-bond acceptors (Lipinski definition) is 19. The highest BCUT2D eigenvalue weighted by molar-refractivity contribution is 8.13. The molecule has 500 valence electrons. The summed E-state index contributed by atoms with van der Waals surface area (Å²) in [7, 11) is 8.85. The summed E-state index contributed by atoms with van der Waals surface area (Å²) in [6.07, 6.45) is 8.40. The minimum absolute atomic E-state index is 0.0354. The number of anilines is 3. The Morgan fingerprint density at radius 1 is 0.956 bits per heavy atom. The molecular weight excluding hydrogens is 1240 g/mol. The van der Waals surface area contributed by atoms with Crippen LogP contribution in [0.15, 0.2) is 66.3 Å². The second-order valence-corrected chi connectivity index (χ2v) is 25.6. The minimum atomic E-state index is -1.90. The molecule has 91 heavy (non-hydrogen) atoms. The van der Waals surface area contributed by atoms with Crippen molar-refractivity contribution in [1.82, 2.24) is 25.3 Å². The Morgan fingerprint density at radius 3 is 2.43 bits per heavy atom. The molecule has 2 saturated heterocycles. The number of carbonyl (C=O) groups excluding carboxylic acids is 9. The molecule has 3 heterocycles. The summed E-state index contributed by atoms with van der Waals surface area (Å²) in [5.41, 5.74) is -0.344. The second-order valence-electron chi connectivity index (χ2n) is 23.3. The number of aliphatic hydroxyl groups is 1. The Hall–Kier alpha value is -7.04. The molecule has 28 heteroatoms. The standard InChI is InChI=1S/C63H87ClN8O17S2/c1-38-18-17-21-49(84-10)63(82)35-48(87-59(79)68-63)39(2)56-62(4,89-56)50(34-54(76)72(8)46-32-42(30-38)33-47(83-9)55(46)64)88-57(77)40(3)71(7)53(75)25-29-91-61(81)70(6)28-27-69(5)60(80)85-36-41-22-23-44(67-58(78)86-43-19-15-13-12-14-16-20-43)45(31-41)66-51(73)24-26-65-52(74)37-90-11/h15,17-19,21-23,31-33,39-40,43,48-50,56,82H,12-14,16,20,24-30,34-37H2,1-11H3,(H,65,74)(H,66,73)(H,67,78)(H,68,79)/b19-15+,21-17+,38-18+/t39-,40+,43?,48+,49-,50+,56+,62?,63+/m1/s1. The molecule has 9 atom stereocenters. The minimum Gasteiger partial charge on any atom is -0.495 e. The summed E-state index contributed by atoms with van der Waals surface area (Å²) >= 11 is 9.06. The molecule has 4 bridgehead atoms. The highest BCUT2D eigenvalue weighted by Crippen LogP contribution is 2.49. The van der Waals surface area contributed by atoms with Crippen LogP contribution in [0.1, 0.15) is 96.6 Å². The molecule has 2 fully saturated rings. The van der Waals surface area contributed by atoms with E-state index < -0.39 is 107 Å². The number of allylic oxidation sites excluding steroid dienone is 4. The lowest BCUT2D eigenvalue weighted by atomic mass is 9.83. The van der Waals surface area contributed by atoms with Gasteiger partial charge in [-0.2, -0.15) is 11.8 Å². The smallest absolute Gasteiger partial charge is 0.412 e. The quantitative estimate of drug-likeness (QED) is 0.0340. The lowest BCUT2D eigenvalue weighted by Gasteiger charge is -2.42. The van der Waals surface area contributed by atoms with Crippen LogP contribution < -0.4 is 30.9 Å². The third-order valence-electron chi connectivity index (χ3n) is 16.3. The monoisotopic (exact) mass is 1330 g/mol. The van der Waals surface area contributed by atoms with Crippen molar-refractivity contribution >= 4 is 105 Å². The second kappa shape index (κ2) is 34.0. The summed E-state index contributed by atoms with van der Waals surface area (Å²) in [6.45, 7) is 6.82. The van der Waals surface area contributed by atoms with Crippen molar-refractivity contribution in [3.8, 4) is 5.75 Å². The SMILES string of the molecule is COc1cc2cc(c1Cl)N(C)C(=O)C[C@H](OC(=O)[C@H](C)N(C)C(=O)CCSC(=O)N(C)CCN(C)C(=O)OCc1ccc(NC(=O)OC3/C=C/CCCCC3)c(NC(=O)CCNC(=O)CSC)c1)C1(C)O[C@H]1[C@H](C)[C@@H]1C[C@@](O)(NC(=O)O1)[C@H](OC)/C=C/C=C(\C)C2. The van der Waals surface area contributed by atoms with Crippen LogP contribution in [0.25, 0.3) is 0 Å². The lowest BCUT2D eigenvalue weighted by Crippen LogP contribution is -2.63. The molecule has 2 aromatic rings. The molecule has 0 spiro atoms. The lowest BCUT2D eigenvalue weighted by molar-refractivity contribution is -0.162. The van der Waals surface area contributed by atoms with Gasteiger partial charge in [-0.3, -0.25) is 34.6 Å². The van der Waals surface area contributed by atoms with E-state index in [-0.39, 0.29) is 79.3 Å². The third kappa shape index (κ3) is 20.7. The molecular formula is C63H87ClN8O17S2. The van der Waals surface area contributed by atoms with Gasteiger partial charge in [0, 0.05) is 85.9 Å². The van der Waals surface area contributed by atoms with Crippen LogP contribution in [0.2, 0.25) is 5.02 Å². The van der Waals surface area contributed by atoms with E-state index in [1.54, 1.807) is 62.6 Å². The summed E-state index contributed by atoms with van der Waals surface area (Å²) in [5, 5.41) is 22.3. The van der Waals surface area contributed by atoms with Gasteiger partial charge in [0.1, 0.15) is 53.4 Å². The Bertz CT molecular complexity index is 3060. The first-order valence-electron chi connectivity index (χ1n) is 30.1. The number of benzene rings is 2. The van der Waals surface area contributed by atoms with E-state index in [0.29, 0.717) is 29.8 Å². The number of likely N-dealkylation sites (N-methyl/N-ethyl adjacent to an activating group) is 3. The van der Waals surface area contributed by atoms with Gasteiger partial charge < -0.3 is 68.5 Å². The number of nitrogens with zero attached hydrogens (tertiary/aromatic N) is 4. The Kier molecular flexibility index (Phi) is 27.3. The highest BCUT2D eigenvalue weighted by atomic mass is 35.5. The number of epoxide rings is 1. The average molecular weight is 1330 g/mol. The Morgan fingerprint density at radius 2 is 1.70 bits per heavy atom. The van der Waals surface area contributed by atoms with Crippen molar-refractivity contribution in [2.45, 2.75) is 146 Å². The van der Waals surface area contributed by atoms with Gasteiger partial charge in [0.2, 0.25) is 23.6 Å². The fourth-order valence-corrected chi connectivity index (χ4v) is 12.0. The summed E-state index contributed by atoms with van der Waals surface area (Å²) in [4.78, 5) is 125. The molecule has 5 N–H and O–H groups in total. The van der Waals surface area contributed by atoms with Crippen molar-refractivity contribution < 1.29 is 81.4 Å². The number of ether oxygens (including phenoxy) is 7. The van der Waals surface area contributed by atoms with Crippen LogP contribution in [0.3, 0.4) is 0 Å². The van der Waals surface area contributed by atoms with Crippen molar-refractivity contribution in [2.24, 2.45) is 5.92 Å². The summed E-state index contributed by atoms with van der Waals surface area (Å²) in [5.74, 6) is -2.53. The maximum atomic E-state index is 14.4. The number of hydrogen-bond donors (Lipinski definition) is 5. The Labute approximate surface area is 545 Å². The van der Waals surface area contributed by atoms with Crippen LogP contribution in [-0.2, 0) is 65.4 Å². The van der Waals surface area contributed by atoms with Crippen molar-refractivity contribution in [3.63, 3.8) is 0 Å². The predicted octanol–water partition coefficient (Wildman–Crippen LogP) is 8.20. The first kappa shape index (κ1) is 73.0. The van der Waals surface area contributed by atoms with Crippen LogP contribution in [0.5, 0.6) is 5.75 Å². The zero-order chi connectivity index (χ0) is 66.7. The van der Waals surface area contributed by atoms with Gasteiger partial charge in [-0.05, 0) is 101 Å². The van der Waals surface area contributed by atoms with Gasteiger partial charge in [-0.25, -0.2) is 19.2 Å². The number of methoxy groups -OCH3 is 2. The fraction of sp³-hybridized carbons (Fsp3) is 0.571. The molecule has 3 aliphatic heterocycles. The maximum Gasteiger partial charge on any atom is 0.412 e. The van der Waals surface area contributed by atoms with Gasteiger partial charge >= 0.3 is 24.2 Å². The van der Waals surface area contributed by atoms with Crippen molar-refractivity contribution in [1.29, 1.82) is 0 Å². The van der Waals surface area contributed by atoms with Gasteiger partial charge in [0.25, 0.3) is 5.24 Å². The largest absolute Gasteiger partial charge is 0.495 e. The van der Waals surface area contributed by atoms with Crippen LogP contribution in [0.4, 0.5) is 36.2 Å². The number of amides is 8. The number of alkyl carbamates (subject to hydrolysis) is 1. The van der Waals surface area contributed by atoms with Crippen LogP contribution in [-0.4, -0.2) is 201 Å². The first-order chi connectivity index (χ1) is 43.2. The molecule has 25 nitrogen and oxygen atoms in total. The average Bonchev–Trinajstić information content (AvgIpc) is 1.60. The van der Waals surface area contributed by atoms with E-state index in [0.717, 1.165) is 48.6 Å². The fourth-order valence-electron chi connectivity index (χ4n) is 10.6. The van der Waals surface area contributed by atoms with Crippen LogP contribution >= 0.6 is 35.1 Å². The van der Waals surface area contributed by atoms with Gasteiger partial charge in [0.05, 0.1) is 42.4 Å². The van der Waals surface area contributed by atoms with Crippen molar-refractivity contribution in [3.05, 3.63) is 82.4 Å². The van der Waals surface area contributed by atoms with E-state index in [4.69, 9.17) is 44.8 Å². The van der Waals surface area contributed by atoms with Crippen LogP contribution in [0, 0.1) is 5.92 Å². The molecule has 8 amide bonds. The molecule has 2 unspecified atom stereocenters. The van der Waals surface area contributed by atoms with Gasteiger partial charge in [-0.15, -0.1) is 0 Å². The number of rotatable bonds is 21. The third-order valence-corrected chi connectivity index (χ3v) is 18.2. The van der Waals surface area contributed by atoms with E-state index in [1.807, 2.05) is 25.2 Å². The van der Waals surface area contributed by atoms with E-state index in [2.05, 4.69) is 21.3 Å². The number of carbonyl (C=O) groups is 9. The van der Waals surface area contributed by atoms with E-state index in [1.165, 1.54) is 80.7 Å². The highest BCUT2D eigenvalue weighted by Gasteiger charge is 2.64. The van der Waals surface area contributed by atoms with E-state index >= 15 is 0 Å². The topological polar surface area (TPSA) is 303 Å². The molecule has 6 rings (SSSR count). The number of fused-ring (bicyclic) bond motifs is 5. The van der Waals surface area contributed by atoms with Crippen molar-refractivity contribution in [2.75, 3.05) is 95.3 Å².